The molecule has 2 atom stereocenters. The minimum absolute atomic E-state index is 0.0583. The van der Waals surface area contributed by atoms with Gasteiger partial charge in [-0.3, -0.25) is 9.69 Å². The van der Waals surface area contributed by atoms with E-state index in [1.165, 1.54) is 0 Å². The minimum atomic E-state index is -0.145. The van der Waals surface area contributed by atoms with Gasteiger partial charge in [0.25, 0.3) is 0 Å². The molecule has 0 radical (unpaired) electrons. The zero-order valence-electron chi connectivity index (χ0n) is 13.1. The normalized spacial score (nSPS) is 20.8. The highest BCUT2D eigenvalue weighted by Crippen LogP contribution is 2.30. The Morgan fingerprint density at radius 3 is 3.00 bits per heavy atom. The van der Waals surface area contributed by atoms with Gasteiger partial charge in [-0.25, -0.2) is 0 Å². The fraction of sp³-hybridized carbons (Fsp3) is 0.562. The van der Waals surface area contributed by atoms with E-state index in [0.29, 0.717) is 13.2 Å². The first-order valence-electron chi connectivity index (χ1n) is 7.58. The monoisotopic (exact) mass is 291 g/mol. The van der Waals surface area contributed by atoms with Gasteiger partial charge in [0, 0.05) is 38.3 Å². The summed E-state index contributed by atoms with van der Waals surface area (Å²) in [5.74, 6) is 0.963. The molecule has 0 aromatic heterocycles. The molecule has 1 aromatic carbocycles. The number of nitrogens with zero attached hydrogens (tertiary/aromatic N) is 1. The maximum atomic E-state index is 12.1. The third kappa shape index (κ3) is 3.54. The van der Waals surface area contributed by atoms with Gasteiger partial charge in [-0.2, -0.15) is 0 Å². The number of hydrogen-bond donors (Lipinski definition) is 2. The van der Waals surface area contributed by atoms with Crippen molar-refractivity contribution in [1.29, 1.82) is 0 Å². The highest BCUT2D eigenvalue weighted by molar-refractivity contribution is 5.82. The van der Waals surface area contributed by atoms with E-state index >= 15 is 0 Å². The molecule has 1 heterocycles. The summed E-state index contributed by atoms with van der Waals surface area (Å²) >= 11 is 0. The van der Waals surface area contributed by atoms with E-state index in [-0.39, 0.29) is 18.0 Å². The minimum Gasteiger partial charge on any atom is -0.494 e. The molecule has 2 rings (SSSR count). The summed E-state index contributed by atoms with van der Waals surface area (Å²) < 4.78 is 5.73. The summed E-state index contributed by atoms with van der Waals surface area (Å²) in [5, 5.41) is 6.05. The van der Waals surface area contributed by atoms with Crippen molar-refractivity contribution in [2.75, 3.05) is 33.3 Å². The molecule has 1 saturated heterocycles. The molecule has 0 saturated carbocycles. The van der Waals surface area contributed by atoms with Crippen molar-refractivity contribution in [2.45, 2.75) is 25.9 Å². The maximum absolute atomic E-state index is 12.1. The fourth-order valence-corrected chi connectivity index (χ4v) is 2.88. The zero-order chi connectivity index (χ0) is 15.2. The standard InChI is InChI=1S/C16H25N3O2/c1-4-21-15-8-6-5-7-13(15)12(2)19-10-9-18-11-14(19)16(20)17-3/h5-8,12,14,18H,4,9-11H2,1-3H3,(H,17,20). The summed E-state index contributed by atoms with van der Waals surface area (Å²) in [5.41, 5.74) is 1.13. The molecule has 2 unspecified atom stereocenters. The lowest BCUT2D eigenvalue weighted by molar-refractivity contribution is -0.127. The molecule has 5 nitrogen and oxygen atoms in total. The third-order valence-electron chi connectivity index (χ3n) is 4.00. The Bertz CT molecular complexity index is 478. The fourth-order valence-electron chi connectivity index (χ4n) is 2.88. The van der Waals surface area contributed by atoms with Crippen LogP contribution in [-0.2, 0) is 4.79 Å². The summed E-state index contributed by atoms with van der Waals surface area (Å²) in [6, 6.07) is 8.07. The van der Waals surface area contributed by atoms with Gasteiger partial charge >= 0.3 is 0 Å². The largest absolute Gasteiger partial charge is 0.494 e. The van der Waals surface area contributed by atoms with Gasteiger partial charge in [-0.15, -0.1) is 0 Å². The molecular formula is C16H25N3O2. The number of para-hydroxylation sites is 1. The van der Waals surface area contributed by atoms with Crippen LogP contribution in [0.1, 0.15) is 25.5 Å². The molecule has 1 fully saturated rings. The van der Waals surface area contributed by atoms with Crippen LogP contribution in [0.2, 0.25) is 0 Å². The Morgan fingerprint density at radius 1 is 1.52 bits per heavy atom. The molecule has 116 valence electrons. The van der Waals surface area contributed by atoms with Crippen molar-refractivity contribution in [2.24, 2.45) is 0 Å². The van der Waals surface area contributed by atoms with Crippen LogP contribution in [0.15, 0.2) is 24.3 Å². The van der Waals surface area contributed by atoms with E-state index in [1.807, 2.05) is 25.1 Å². The summed E-state index contributed by atoms with van der Waals surface area (Å²) in [4.78, 5) is 14.3. The van der Waals surface area contributed by atoms with Gasteiger partial charge < -0.3 is 15.4 Å². The lowest BCUT2D eigenvalue weighted by Crippen LogP contribution is -2.57. The predicted molar refractivity (Wildman–Crippen MR) is 83.5 cm³/mol. The first-order chi connectivity index (χ1) is 10.2. The summed E-state index contributed by atoms with van der Waals surface area (Å²) in [6.45, 7) is 7.19. The molecule has 1 amide bonds. The number of benzene rings is 1. The summed E-state index contributed by atoms with van der Waals surface area (Å²) in [6.07, 6.45) is 0. The van der Waals surface area contributed by atoms with Crippen LogP contribution in [0.4, 0.5) is 0 Å². The number of piperazine rings is 1. The topological polar surface area (TPSA) is 53.6 Å². The third-order valence-corrected chi connectivity index (χ3v) is 4.00. The van der Waals surface area contributed by atoms with Gasteiger partial charge in [0.1, 0.15) is 11.8 Å². The highest BCUT2D eigenvalue weighted by atomic mass is 16.5. The van der Waals surface area contributed by atoms with E-state index in [9.17, 15) is 4.79 Å². The van der Waals surface area contributed by atoms with Crippen molar-refractivity contribution >= 4 is 5.91 Å². The van der Waals surface area contributed by atoms with Crippen molar-refractivity contribution in [1.82, 2.24) is 15.5 Å². The molecular weight excluding hydrogens is 266 g/mol. The molecule has 1 aliphatic rings. The second kappa shape index (κ2) is 7.43. The Kier molecular flexibility index (Phi) is 5.59. The van der Waals surface area contributed by atoms with Gasteiger partial charge in [0.05, 0.1) is 6.61 Å². The Balaban J connectivity index is 2.24. The average Bonchev–Trinajstić information content (AvgIpc) is 2.54. The van der Waals surface area contributed by atoms with Gasteiger partial charge in [-0.1, -0.05) is 18.2 Å². The molecule has 0 spiro atoms. The lowest BCUT2D eigenvalue weighted by Gasteiger charge is -2.39. The van der Waals surface area contributed by atoms with Crippen LogP contribution in [-0.4, -0.2) is 50.1 Å². The zero-order valence-corrected chi connectivity index (χ0v) is 13.1. The number of hydrogen-bond acceptors (Lipinski definition) is 4. The molecule has 0 aliphatic carbocycles. The number of ether oxygens (including phenoxy) is 1. The van der Waals surface area contributed by atoms with Crippen LogP contribution in [0, 0.1) is 0 Å². The smallest absolute Gasteiger partial charge is 0.238 e. The number of rotatable bonds is 5. The van der Waals surface area contributed by atoms with Crippen LogP contribution in [0.25, 0.3) is 0 Å². The van der Waals surface area contributed by atoms with Crippen LogP contribution >= 0.6 is 0 Å². The molecule has 21 heavy (non-hydrogen) atoms. The molecule has 1 aromatic rings. The van der Waals surface area contributed by atoms with Gasteiger partial charge in [0.2, 0.25) is 5.91 Å². The van der Waals surface area contributed by atoms with E-state index in [4.69, 9.17) is 4.74 Å². The van der Waals surface area contributed by atoms with Crippen LogP contribution in [0.5, 0.6) is 5.75 Å². The molecule has 1 aliphatic heterocycles. The van der Waals surface area contributed by atoms with Crippen LogP contribution < -0.4 is 15.4 Å². The van der Waals surface area contributed by atoms with Crippen molar-refractivity contribution in [3.8, 4) is 5.75 Å². The second-order valence-electron chi connectivity index (χ2n) is 5.22. The highest BCUT2D eigenvalue weighted by Gasteiger charge is 2.32. The Labute approximate surface area is 126 Å². The molecule has 5 heteroatoms. The van der Waals surface area contributed by atoms with E-state index < -0.39 is 0 Å². The van der Waals surface area contributed by atoms with Crippen molar-refractivity contribution < 1.29 is 9.53 Å². The first-order valence-corrected chi connectivity index (χ1v) is 7.58. The maximum Gasteiger partial charge on any atom is 0.238 e. The Morgan fingerprint density at radius 2 is 2.29 bits per heavy atom. The van der Waals surface area contributed by atoms with Crippen molar-refractivity contribution in [3.05, 3.63) is 29.8 Å². The van der Waals surface area contributed by atoms with E-state index in [0.717, 1.165) is 24.4 Å². The SMILES string of the molecule is CCOc1ccccc1C(C)N1CCNCC1C(=O)NC. The average molecular weight is 291 g/mol. The van der Waals surface area contributed by atoms with E-state index in [2.05, 4.69) is 28.5 Å². The number of nitrogens with one attached hydrogen (secondary N) is 2. The molecule has 2 N–H and O–H groups in total. The van der Waals surface area contributed by atoms with E-state index in [1.54, 1.807) is 7.05 Å². The second-order valence-corrected chi connectivity index (χ2v) is 5.22. The van der Waals surface area contributed by atoms with Crippen LogP contribution in [0.3, 0.4) is 0 Å². The van der Waals surface area contributed by atoms with Gasteiger partial charge in [0.15, 0.2) is 0 Å². The lowest BCUT2D eigenvalue weighted by atomic mass is 10.0. The summed E-state index contributed by atoms with van der Waals surface area (Å²) in [7, 11) is 1.69. The number of carbonyl (C=O) groups is 1. The molecule has 0 bridgehead atoms. The van der Waals surface area contributed by atoms with Gasteiger partial charge in [-0.05, 0) is 19.9 Å². The predicted octanol–water partition coefficient (Wildman–Crippen LogP) is 1.17. The number of amides is 1. The quantitative estimate of drug-likeness (QED) is 0.855. The number of carbonyl (C=O) groups excluding carboxylic acids is 1. The Hall–Kier alpha value is -1.59. The first kappa shape index (κ1) is 15.8. The van der Waals surface area contributed by atoms with Crippen molar-refractivity contribution in [3.63, 3.8) is 0 Å². The number of likely N-dealkylation sites (N-methyl/N-ethyl adjacent to an activating group) is 1.